The summed E-state index contributed by atoms with van der Waals surface area (Å²) < 4.78 is 7.03. The number of carbonyl (C=O) groups is 2. The summed E-state index contributed by atoms with van der Waals surface area (Å²) in [6, 6.07) is 12.5. The van der Waals surface area contributed by atoms with Crippen molar-refractivity contribution in [1.82, 2.24) is 0 Å². The van der Waals surface area contributed by atoms with Crippen molar-refractivity contribution in [1.29, 1.82) is 0 Å². The largest absolute Gasteiger partial charge is 0.448 e. The number of cyclic esters (lactones) is 1. The molecule has 0 spiro atoms. The maximum absolute atomic E-state index is 12.3. The summed E-state index contributed by atoms with van der Waals surface area (Å²) in [5, 5.41) is 2.76. The van der Waals surface area contributed by atoms with Crippen molar-refractivity contribution in [2.45, 2.75) is 12.5 Å². The summed E-state index contributed by atoms with van der Waals surface area (Å²) in [6.07, 6.45) is -0.457. The van der Waals surface area contributed by atoms with Gasteiger partial charge < -0.3 is 10.1 Å². The van der Waals surface area contributed by atoms with E-state index in [0.717, 1.165) is 14.5 Å². The fourth-order valence-corrected chi connectivity index (χ4v) is 2.94. The van der Waals surface area contributed by atoms with E-state index in [9.17, 15) is 9.59 Å². The van der Waals surface area contributed by atoms with Gasteiger partial charge in [0, 0.05) is 21.1 Å². The normalized spacial score (nSPS) is 16.6. The third kappa shape index (κ3) is 3.23. The summed E-state index contributed by atoms with van der Waals surface area (Å²) in [4.78, 5) is 24.3. The summed E-state index contributed by atoms with van der Waals surface area (Å²) >= 11 is 6.71. The fraction of sp³-hybridized carbons (Fsp3) is 0.125. The number of carbonyl (C=O) groups excluding carboxylic acids is 2. The van der Waals surface area contributed by atoms with Gasteiger partial charge in [-0.05, 0) is 48.0 Å². The van der Waals surface area contributed by atoms with Gasteiger partial charge in [-0.3, -0.25) is 4.79 Å². The van der Waals surface area contributed by atoms with Gasteiger partial charge in [0.2, 0.25) is 0 Å². The van der Waals surface area contributed by atoms with Crippen LogP contribution in [0.4, 0.5) is 5.69 Å². The highest BCUT2D eigenvalue weighted by molar-refractivity contribution is 9.10. The van der Waals surface area contributed by atoms with Crippen LogP contribution in [0.3, 0.4) is 0 Å². The molecule has 1 amide bonds. The van der Waals surface area contributed by atoms with E-state index in [0.29, 0.717) is 17.7 Å². The Morgan fingerprint density at radius 3 is 2.50 bits per heavy atom. The van der Waals surface area contributed by atoms with E-state index < -0.39 is 12.1 Å². The van der Waals surface area contributed by atoms with Crippen LogP contribution in [0.1, 0.15) is 15.9 Å². The van der Waals surface area contributed by atoms with Gasteiger partial charge in [0.25, 0.3) is 5.91 Å². The Morgan fingerprint density at radius 2 is 1.77 bits per heavy atom. The SMILES string of the molecule is O=C1OC(C(=O)Nc2ccc(Br)cc2)Cc2cc(Br)ccc21. The van der Waals surface area contributed by atoms with E-state index in [1.54, 1.807) is 24.3 Å². The number of ether oxygens (including phenoxy) is 1. The van der Waals surface area contributed by atoms with E-state index in [2.05, 4.69) is 37.2 Å². The molecule has 0 aliphatic carbocycles. The predicted octanol–water partition coefficient (Wildman–Crippen LogP) is 3.93. The molecule has 1 aliphatic heterocycles. The Bertz CT molecular complexity index is 744. The summed E-state index contributed by atoms with van der Waals surface area (Å²) in [5.74, 6) is -0.800. The van der Waals surface area contributed by atoms with E-state index in [4.69, 9.17) is 4.74 Å². The number of anilines is 1. The molecular formula is C16H11Br2NO3. The Hall–Kier alpha value is -1.66. The Balaban J connectivity index is 1.77. The van der Waals surface area contributed by atoms with Crippen LogP contribution in [0.15, 0.2) is 51.4 Å². The Labute approximate surface area is 144 Å². The van der Waals surface area contributed by atoms with Gasteiger partial charge in [-0.1, -0.05) is 31.9 Å². The topological polar surface area (TPSA) is 55.4 Å². The summed E-state index contributed by atoms with van der Waals surface area (Å²) in [7, 11) is 0. The minimum absolute atomic E-state index is 0.332. The van der Waals surface area contributed by atoms with E-state index >= 15 is 0 Å². The van der Waals surface area contributed by atoms with Gasteiger partial charge in [-0.2, -0.15) is 0 Å². The van der Waals surface area contributed by atoms with Crippen molar-refractivity contribution in [2.24, 2.45) is 0 Å². The smallest absolute Gasteiger partial charge is 0.339 e. The number of hydrogen-bond donors (Lipinski definition) is 1. The van der Waals surface area contributed by atoms with Gasteiger partial charge in [0.05, 0.1) is 5.56 Å². The second kappa shape index (κ2) is 6.22. The maximum Gasteiger partial charge on any atom is 0.339 e. The lowest BCUT2D eigenvalue weighted by Crippen LogP contribution is -2.38. The molecule has 2 aromatic carbocycles. The van der Waals surface area contributed by atoms with Gasteiger partial charge in [0.1, 0.15) is 0 Å². The first kappa shape index (κ1) is 15.2. The molecule has 1 aliphatic rings. The summed E-state index contributed by atoms with van der Waals surface area (Å²) in [5.41, 5.74) is 1.97. The minimum atomic E-state index is -0.821. The van der Waals surface area contributed by atoms with Crippen LogP contribution in [0.2, 0.25) is 0 Å². The first-order chi connectivity index (χ1) is 10.5. The molecule has 0 saturated carbocycles. The molecule has 1 atom stereocenters. The number of rotatable bonds is 2. The van der Waals surface area contributed by atoms with Gasteiger partial charge in [0.15, 0.2) is 6.10 Å². The van der Waals surface area contributed by atoms with Gasteiger partial charge in [-0.25, -0.2) is 4.79 Å². The fourth-order valence-electron chi connectivity index (χ4n) is 2.27. The molecule has 0 aromatic heterocycles. The van der Waals surface area contributed by atoms with Gasteiger partial charge >= 0.3 is 5.97 Å². The van der Waals surface area contributed by atoms with Crippen LogP contribution >= 0.6 is 31.9 Å². The number of nitrogens with one attached hydrogen (secondary N) is 1. The number of hydrogen-bond acceptors (Lipinski definition) is 3. The molecule has 0 fully saturated rings. The zero-order valence-corrected chi connectivity index (χ0v) is 14.5. The molecule has 4 nitrogen and oxygen atoms in total. The van der Waals surface area contributed by atoms with Crippen LogP contribution < -0.4 is 5.32 Å². The second-order valence-electron chi connectivity index (χ2n) is 4.90. The molecule has 1 unspecified atom stereocenters. The van der Waals surface area contributed by atoms with E-state index in [1.165, 1.54) is 0 Å². The average Bonchev–Trinajstić information content (AvgIpc) is 2.49. The molecule has 0 radical (unpaired) electrons. The van der Waals surface area contributed by atoms with Crippen molar-refractivity contribution in [3.63, 3.8) is 0 Å². The van der Waals surface area contributed by atoms with E-state index in [1.807, 2.05) is 18.2 Å². The number of halogens is 2. The molecule has 2 aromatic rings. The van der Waals surface area contributed by atoms with Crippen LogP contribution in [0.25, 0.3) is 0 Å². The number of amides is 1. The lowest BCUT2D eigenvalue weighted by molar-refractivity contribution is -0.125. The standard InChI is InChI=1S/C16H11Br2NO3/c17-10-1-4-12(5-2-10)19-15(20)14-8-9-7-11(18)3-6-13(9)16(21)22-14/h1-7,14H,8H2,(H,19,20). The molecule has 1 N–H and O–H groups in total. The molecule has 22 heavy (non-hydrogen) atoms. The third-order valence-electron chi connectivity index (χ3n) is 3.35. The van der Waals surface area contributed by atoms with E-state index in [-0.39, 0.29) is 5.91 Å². The molecule has 0 bridgehead atoms. The lowest BCUT2D eigenvalue weighted by Gasteiger charge is -2.24. The quantitative estimate of drug-likeness (QED) is 0.743. The molecule has 0 saturated heterocycles. The monoisotopic (exact) mass is 423 g/mol. The van der Waals surface area contributed by atoms with Crippen molar-refractivity contribution in [3.8, 4) is 0 Å². The Kier molecular flexibility index (Phi) is 4.31. The minimum Gasteiger partial charge on any atom is -0.448 e. The first-order valence-electron chi connectivity index (χ1n) is 6.59. The van der Waals surface area contributed by atoms with Crippen LogP contribution in [0, 0.1) is 0 Å². The van der Waals surface area contributed by atoms with Crippen LogP contribution in [-0.4, -0.2) is 18.0 Å². The number of esters is 1. The Morgan fingerprint density at radius 1 is 1.09 bits per heavy atom. The van der Waals surface area contributed by atoms with Crippen molar-refractivity contribution in [2.75, 3.05) is 5.32 Å². The molecule has 112 valence electrons. The van der Waals surface area contributed by atoms with Crippen LogP contribution in [-0.2, 0) is 16.0 Å². The second-order valence-corrected chi connectivity index (χ2v) is 6.73. The van der Waals surface area contributed by atoms with Crippen LogP contribution in [0.5, 0.6) is 0 Å². The van der Waals surface area contributed by atoms with Crippen molar-refractivity contribution in [3.05, 3.63) is 62.5 Å². The van der Waals surface area contributed by atoms with Gasteiger partial charge in [-0.15, -0.1) is 0 Å². The number of fused-ring (bicyclic) bond motifs is 1. The molecule has 1 heterocycles. The highest BCUT2D eigenvalue weighted by Gasteiger charge is 2.31. The zero-order valence-electron chi connectivity index (χ0n) is 11.3. The highest BCUT2D eigenvalue weighted by atomic mass is 79.9. The predicted molar refractivity (Wildman–Crippen MR) is 89.8 cm³/mol. The van der Waals surface area contributed by atoms with Crippen molar-refractivity contribution < 1.29 is 14.3 Å². The zero-order chi connectivity index (χ0) is 15.7. The lowest BCUT2D eigenvalue weighted by atomic mass is 9.98. The average molecular weight is 425 g/mol. The molecular weight excluding hydrogens is 414 g/mol. The van der Waals surface area contributed by atoms with Crippen molar-refractivity contribution >= 4 is 49.4 Å². The number of benzene rings is 2. The third-order valence-corrected chi connectivity index (χ3v) is 4.37. The maximum atomic E-state index is 12.3. The highest BCUT2D eigenvalue weighted by Crippen LogP contribution is 2.25. The first-order valence-corrected chi connectivity index (χ1v) is 8.17. The summed E-state index contributed by atoms with van der Waals surface area (Å²) in [6.45, 7) is 0. The molecule has 3 rings (SSSR count). The molecule has 6 heteroatoms.